The summed E-state index contributed by atoms with van der Waals surface area (Å²) in [4.78, 5) is 0. The Hall–Kier alpha value is -1.96. The van der Waals surface area contributed by atoms with Gasteiger partial charge in [0.25, 0.3) is 0 Å². The van der Waals surface area contributed by atoms with Gasteiger partial charge in [-0.2, -0.15) is 13.2 Å². The average molecular weight is 292 g/mol. The summed E-state index contributed by atoms with van der Waals surface area (Å²) in [5.41, 5.74) is 6.65. The van der Waals surface area contributed by atoms with E-state index in [2.05, 4.69) is 9.89 Å². The topological polar surface area (TPSA) is 77.1 Å². The zero-order chi connectivity index (χ0) is 15.2. The van der Waals surface area contributed by atoms with Crippen molar-refractivity contribution in [1.82, 2.24) is 0 Å². The molecule has 112 valence electrons. The van der Waals surface area contributed by atoms with Crippen LogP contribution in [0.5, 0.6) is 5.75 Å². The van der Waals surface area contributed by atoms with Crippen molar-refractivity contribution in [3.05, 3.63) is 29.3 Å². The number of nitrogens with two attached hydrogens (primary N) is 1. The molecule has 0 amide bonds. The molecule has 0 heterocycles. The van der Waals surface area contributed by atoms with E-state index in [1.54, 1.807) is 19.1 Å². The summed E-state index contributed by atoms with van der Waals surface area (Å²) in [6.07, 6.45) is -4.35. The highest BCUT2D eigenvalue weighted by Crippen LogP contribution is 2.19. The van der Waals surface area contributed by atoms with Crippen molar-refractivity contribution in [2.75, 3.05) is 19.8 Å². The zero-order valence-corrected chi connectivity index (χ0v) is 10.8. The van der Waals surface area contributed by atoms with Gasteiger partial charge in [0.2, 0.25) is 0 Å². The van der Waals surface area contributed by atoms with Gasteiger partial charge in [0, 0.05) is 5.56 Å². The maximum absolute atomic E-state index is 11.8. The third kappa shape index (κ3) is 5.35. The maximum Gasteiger partial charge on any atom is 0.411 e. The Kier molecular flexibility index (Phi) is 5.63. The first-order valence-electron chi connectivity index (χ1n) is 5.69. The molecule has 0 saturated carbocycles. The van der Waals surface area contributed by atoms with Gasteiger partial charge in [-0.25, -0.2) is 0 Å². The van der Waals surface area contributed by atoms with Crippen molar-refractivity contribution in [2.45, 2.75) is 13.1 Å². The Morgan fingerprint density at radius 2 is 2.05 bits per heavy atom. The van der Waals surface area contributed by atoms with Crippen LogP contribution in [0, 0.1) is 6.92 Å². The second-order valence-corrected chi connectivity index (χ2v) is 3.98. The lowest BCUT2D eigenvalue weighted by atomic mass is 10.1. The van der Waals surface area contributed by atoms with Gasteiger partial charge in [-0.05, 0) is 18.6 Å². The van der Waals surface area contributed by atoms with Gasteiger partial charge in [0.15, 0.2) is 5.84 Å². The summed E-state index contributed by atoms with van der Waals surface area (Å²) in [7, 11) is 0. The third-order valence-corrected chi connectivity index (χ3v) is 2.34. The van der Waals surface area contributed by atoms with Crippen LogP contribution in [0.2, 0.25) is 0 Å². The number of aryl methyl sites for hydroxylation is 1. The molecule has 1 aromatic rings. The first-order valence-corrected chi connectivity index (χ1v) is 5.69. The molecule has 0 spiro atoms. The maximum atomic E-state index is 11.8. The number of alkyl halides is 3. The van der Waals surface area contributed by atoms with Crippen molar-refractivity contribution in [2.24, 2.45) is 10.9 Å². The zero-order valence-electron chi connectivity index (χ0n) is 10.8. The number of ether oxygens (including phenoxy) is 2. The van der Waals surface area contributed by atoms with Gasteiger partial charge >= 0.3 is 6.18 Å². The van der Waals surface area contributed by atoms with Gasteiger partial charge in [-0.15, -0.1) is 0 Å². The molecule has 1 rings (SSSR count). The lowest BCUT2D eigenvalue weighted by Crippen LogP contribution is -2.19. The van der Waals surface area contributed by atoms with Gasteiger partial charge < -0.3 is 20.4 Å². The Labute approximate surface area is 113 Å². The molecule has 20 heavy (non-hydrogen) atoms. The standard InChI is InChI=1S/C12H15F3N2O3/c1-8-2-3-9(11(16)17-18)6-10(8)20-5-4-19-7-12(13,14)15/h2-3,6,18H,4-5,7H2,1H3,(H2,16,17). The molecule has 0 aromatic heterocycles. The highest BCUT2D eigenvalue weighted by Gasteiger charge is 2.27. The SMILES string of the molecule is Cc1ccc(/C(N)=N/O)cc1OCCOCC(F)(F)F. The fraction of sp³-hybridized carbons (Fsp3) is 0.417. The van der Waals surface area contributed by atoms with E-state index in [1.807, 2.05) is 0 Å². The Bertz CT molecular complexity index is 476. The predicted octanol–water partition coefficient (Wildman–Crippen LogP) is 2.05. The fourth-order valence-electron chi connectivity index (χ4n) is 1.37. The van der Waals surface area contributed by atoms with E-state index < -0.39 is 12.8 Å². The highest BCUT2D eigenvalue weighted by molar-refractivity contribution is 5.97. The number of hydrogen-bond acceptors (Lipinski definition) is 4. The summed E-state index contributed by atoms with van der Waals surface area (Å²) in [5.74, 6) is 0.355. The number of benzene rings is 1. The molecule has 5 nitrogen and oxygen atoms in total. The van der Waals surface area contributed by atoms with Gasteiger partial charge in [-0.1, -0.05) is 17.3 Å². The molecule has 0 aliphatic rings. The van der Waals surface area contributed by atoms with Gasteiger partial charge in [0.05, 0.1) is 6.61 Å². The molecular weight excluding hydrogens is 277 g/mol. The molecule has 3 N–H and O–H groups in total. The molecule has 0 aliphatic heterocycles. The number of hydrogen-bond donors (Lipinski definition) is 2. The van der Waals surface area contributed by atoms with Crippen LogP contribution in [0.3, 0.4) is 0 Å². The van der Waals surface area contributed by atoms with Gasteiger partial charge in [0.1, 0.15) is 19.0 Å². The second kappa shape index (κ2) is 6.99. The summed E-state index contributed by atoms with van der Waals surface area (Å²) in [6.45, 7) is 0.241. The molecule has 0 saturated heterocycles. The Morgan fingerprint density at radius 1 is 1.35 bits per heavy atom. The number of oxime groups is 1. The summed E-state index contributed by atoms with van der Waals surface area (Å²) >= 11 is 0. The second-order valence-electron chi connectivity index (χ2n) is 3.98. The normalized spacial score (nSPS) is 12.5. The Balaban J connectivity index is 2.51. The molecule has 0 fully saturated rings. The molecule has 0 aliphatic carbocycles. The molecule has 0 unspecified atom stereocenters. The monoisotopic (exact) mass is 292 g/mol. The van der Waals surface area contributed by atoms with Crippen LogP contribution in [-0.2, 0) is 4.74 Å². The van der Waals surface area contributed by atoms with E-state index in [0.717, 1.165) is 5.56 Å². The fourth-order valence-corrected chi connectivity index (χ4v) is 1.37. The van der Waals surface area contributed by atoms with E-state index in [9.17, 15) is 13.2 Å². The van der Waals surface area contributed by atoms with Crippen molar-refractivity contribution >= 4 is 5.84 Å². The van der Waals surface area contributed by atoms with Crippen LogP contribution in [0.1, 0.15) is 11.1 Å². The van der Waals surface area contributed by atoms with Crippen LogP contribution in [0.15, 0.2) is 23.4 Å². The minimum atomic E-state index is -4.35. The van der Waals surface area contributed by atoms with Crippen molar-refractivity contribution < 1.29 is 27.9 Å². The van der Waals surface area contributed by atoms with E-state index >= 15 is 0 Å². The van der Waals surface area contributed by atoms with E-state index in [4.69, 9.17) is 15.7 Å². The first kappa shape index (κ1) is 16.1. The lowest BCUT2D eigenvalue weighted by Gasteiger charge is -2.11. The summed E-state index contributed by atoms with van der Waals surface area (Å²) in [5, 5.41) is 11.4. The molecule has 0 atom stereocenters. The van der Waals surface area contributed by atoms with Gasteiger partial charge in [-0.3, -0.25) is 0 Å². The van der Waals surface area contributed by atoms with E-state index in [0.29, 0.717) is 11.3 Å². The Morgan fingerprint density at radius 3 is 2.65 bits per heavy atom. The van der Waals surface area contributed by atoms with Crippen molar-refractivity contribution in [3.8, 4) is 5.75 Å². The largest absolute Gasteiger partial charge is 0.491 e. The lowest BCUT2D eigenvalue weighted by molar-refractivity contribution is -0.175. The van der Waals surface area contributed by atoms with Crippen LogP contribution < -0.4 is 10.5 Å². The third-order valence-electron chi connectivity index (χ3n) is 2.34. The molecule has 0 radical (unpaired) electrons. The predicted molar refractivity (Wildman–Crippen MR) is 66.1 cm³/mol. The van der Waals surface area contributed by atoms with Crippen LogP contribution in [-0.4, -0.2) is 37.0 Å². The van der Waals surface area contributed by atoms with Crippen LogP contribution in [0.25, 0.3) is 0 Å². The summed E-state index contributed by atoms with van der Waals surface area (Å²) < 4.78 is 45.2. The van der Waals surface area contributed by atoms with Crippen molar-refractivity contribution in [1.29, 1.82) is 0 Å². The van der Waals surface area contributed by atoms with E-state index in [-0.39, 0.29) is 19.0 Å². The highest BCUT2D eigenvalue weighted by atomic mass is 19.4. The minimum absolute atomic E-state index is 0.0312. The number of rotatable bonds is 6. The molecular formula is C12H15F3N2O3. The molecule has 1 aromatic carbocycles. The van der Waals surface area contributed by atoms with Crippen LogP contribution in [0.4, 0.5) is 13.2 Å². The number of nitrogens with zero attached hydrogens (tertiary/aromatic N) is 1. The van der Waals surface area contributed by atoms with E-state index in [1.165, 1.54) is 6.07 Å². The minimum Gasteiger partial charge on any atom is -0.491 e. The molecule has 0 bridgehead atoms. The molecule has 8 heteroatoms. The number of halogens is 3. The quantitative estimate of drug-likeness (QED) is 0.276. The smallest absolute Gasteiger partial charge is 0.411 e. The summed E-state index contributed by atoms with van der Waals surface area (Å²) in [6, 6.07) is 4.87. The number of amidine groups is 1. The van der Waals surface area contributed by atoms with Crippen molar-refractivity contribution in [3.63, 3.8) is 0 Å². The average Bonchev–Trinajstić information content (AvgIpc) is 2.38. The van der Waals surface area contributed by atoms with Crippen LogP contribution >= 0.6 is 0 Å². The first-order chi connectivity index (χ1) is 9.33.